The summed E-state index contributed by atoms with van der Waals surface area (Å²) >= 11 is 0. The number of nitrogens with zero attached hydrogens (tertiary/aromatic N) is 1. The maximum absolute atomic E-state index is 5.22. The van der Waals surface area contributed by atoms with Crippen LogP contribution in [0.4, 0.5) is 0 Å². The van der Waals surface area contributed by atoms with Gasteiger partial charge in [-0.25, -0.2) is 4.58 Å². The molecular weight excluding hydrogens is 174 g/mol. The summed E-state index contributed by atoms with van der Waals surface area (Å²) in [4.78, 5) is 0. The molecule has 0 bridgehead atoms. The Morgan fingerprint density at radius 1 is 1.36 bits per heavy atom. The molecule has 2 heteroatoms. The minimum atomic E-state index is 0.959. The second kappa shape index (κ2) is 3.45. The van der Waals surface area contributed by atoms with Crippen molar-refractivity contribution in [2.24, 2.45) is 0 Å². The summed E-state index contributed by atoms with van der Waals surface area (Å²) in [7, 11) is 3.86. The Hall–Kier alpha value is -1.31. The molecule has 1 aromatic carbocycles. The highest BCUT2D eigenvalue weighted by Gasteiger charge is 2.19. The van der Waals surface area contributed by atoms with E-state index in [9.17, 15) is 0 Å². The Labute approximate surface area is 84.8 Å². The summed E-state index contributed by atoms with van der Waals surface area (Å²) in [5, 5.41) is 0. The van der Waals surface area contributed by atoms with E-state index < -0.39 is 0 Å². The molecular formula is C12H16NO+. The molecule has 0 aromatic heterocycles. The average Bonchev–Trinajstić information content (AvgIpc) is 2.23. The number of rotatable bonds is 1. The van der Waals surface area contributed by atoms with Crippen molar-refractivity contribution in [3.8, 4) is 5.75 Å². The standard InChI is InChI=1S/C12H16NO/c1-9-12-5-4-11(14-3)8-10(12)6-7-13(9)2/h4-5,8H,6-7H2,1-3H3/q+1. The number of benzene rings is 1. The van der Waals surface area contributed by atoms with E-state index in [0.717, 1.165) is 18.7 Å². The van der Waals surface area contributed by atoms with Crippen LogP contribution in [0.2, 0.25) is 0 Å². The fourth-order valence-corrected chi connectivity index (χ4v) is 1.92. The van der Waals surface area contributed by atoms with Gasteiger partial charge in [0.25, 0.3) is 0 Å². The van der Waals surface area contributed by atoms with Gasteiger partial charge in [-0.3, -0.25) is 0 Å². The van der Waals surface area contributed by atoms with E-state index >= 15 is 0 Å². The molecule has 0 N–H and O–H groups in total. The van der Waals surface area contributed by atoms with E-state index in [0.29, 0.717) is 0 Å². The lowest BCUT2D eigenvalue weighted by Crippen LogP contribution is -2.25. The van der Waals surface area contributed by atoms with Crippen LogP contribution in [0.25, 0.3) is 0 Å². The zero-order valence-electron chi connectivity index (χ0n) is 9.00. The molecule has 1 aliphatic heterocycles. The van der Waals surface area contributed by atoms with Gasteiger partial charge >= 0.3 is 0 Å². The number of methoxy groups -OCH3 is 1. The third kappa shape index (κ3) is 1.41. The van der Waals surface area contributed by atoms with Crippen molar-refractivity contribution >= 4 is 5.71 Å². The van der Waals surface area contributed by atoms with Crippen molar-refractivity contribution in [1.29, 1.82) is 0 Å². The van der Waals surface area contributed by atoms with Gasteiger partial charge in [0.2, 0.25) is 0 Å². The predicted octanol–water partition coefficient (Wildman–Crippen LogP) is 1.70. The maximum Gasteiger partial charge on any atom is 0.180 e. The first-order chi connectivity index (χ1) is 6.72. The number of hydrogen-bond acceptors (Lipinski definition) is 1. The zero-order chi connectivity index (χ0) is 10.1. The van der Waals surface area contributed by atoms with Crippen LogP contribution >= 0.6 is 0 Å². The Kier molecular flexibility index (Phi) is 2.28. The molecule has 0 spiro atoms. The quantitative estimate of drug-likeness (QED) is 0.614. The molecule has 0 atom stereocenters. The minimum Gasteiger partial charge on any atom is -0.497 e. The molecule has 0 fully saturated rings. The first-order valence-electron chi connectivity index (χ1n) is 4.94. The van der Waals surface area contributed by atoms with E-state index in [2.05, 4.69) is 30.7 Å². The van der Waals surface area contributed by atoms with Gasteiger partial charge in [0.05, 0.1) is 7.11 Å². The highest BCUT2D eigenvalue weighted by atomic mass is 16.5. The highest BCUT2D eigenvalue weighted by Crippen LogP contribution is 2.21. The summed E-state index contributed by atoms with van der Waals surface area (Å²) in [6.07, 6.45) is 1.11. The van der Waals surface area contributed by atoms with Crippen LogP contribution < -0.4 is 4.74 Å². The molecule has 74 valence electrons. The molecule has 14 heavy (non-hydrogen) atoms. The van der Waals surface area contributed by atoms with Gasteiger partial charge in [-0.1, -0.05) is 0 Å². The van der Waals surface area contributed by atoms with Crippen LogP contribution in [0.1, 0.15) is 18.1 Å². The highest BCUT2D eigenvalue weighted by molar-refractivity contribution is 5.97. The van der Waals surface area contributed by atoms with Gasteiger partial charge < -0.3 is 4.74 Å². The van der Waals surface area contributed by atoms with Crippen molar-refractivity contribution in [3.05, 3.63) is 29.3 Å². The maximum atomic E-state index is 5.22. The Bertz CT molecular complexity index is 393. The molecule has 0 amide bonds. The van der Waals surface area contributed by atoms with Crippen LogP contribution in [0.5, 0.6) is 5.75 Å². The summed E-state index contributed by atoms with van der Waals surface area (Å²) in [5.41, 5.74) is 4.12. The molecule has 1 heterocycles. The second-order valence-corrected chi connectivity index (χ2v) is 3.78. The molecule has 0 saturated heterocycles. The third-order valence-electron chi connectivity index (χ3n) is 2.99. The van der Waals surface area contributed by atoms with Crippen LogP contribution in [-0.2, 0) is 6.42 Å². The lowest BCUT2D eigenvalue weighted by Gasteiger charge is -2.14. The molecule has 0 saturated carbocycles. The zero-order valence-corrected chi connectivity index (χ0v) is 9.00. The van der Waals surface area contributed by atoms with Gasteiger partial charge in [0.1, 0.15) is 19.3 Å². The molecule has 0 aliphatic carbocycles. The first kappa shape index (κ1) is 9.25. The lowest BCUT2D eigenvalue weighted by atomic mass is 9.97. The topological polar surface area (TPSA) is 12.2 Å². The average molecular weight is 190 g/mol. The Morgan fingerprint density at radius 3 is 2.86 bits per heavy atom. The van der Waals surface area contributed by atoms with Gasteiger partial charge in [-0.05, 0) is 23.8 Å². The fraction of sp³-hybridized carbons (Fsp3) is 0.417. The monoisotopic (exact) mass is 190 g/mol. The molecule has 1 aliphatic rings. The number of likely N-dealkylation sites (N-methyl/N-ethyl adjacent to an activating group) is 1. The van der Waals surface area contributed by atoms with Crippen molar-refractivity contribution in [3.63, 3.8) is 0 Å². The summed E-state index contributed by atoms with van der Waals surface area (Å²) in [5.74, 6) is 0.959. The predicted molar refractivity (Wildman–Crippen MR) is 57.5 cm³/mol. The van der Waals surface area contributed by atoms with Crippen molar-refractivity contribution < 1.29 is 9.31 Å². The van der Waals surface area contributed by atoms with Crippen LogP contribution in [0.15, 0.2) is 18.2 Å². The normalized spacial score (nSPS) is 15.4. The van der Waals surface area contributed by atoms with Gasteiger partial charge in [-0.15, -0.1) is 0 Å². The van der Waals surface area contributed by atoms with E-state index in [4.69, 9.17) is 4.74 Å². The summed E-state index contributed by atoms with van der Waals surface area (Å²) in [6, 6.07) is 6.33. The largest absolute Gasteiger partial charge is 0.497 e. The molecule has 1 aromatic rings. The molecule has 0 unspecified atom stereocenters. The smallest absolute Gasteiger partial charge is 0.180 e. The molecule has 2 nitrogen and oxygen atoms in total. The SMILES string of the molecule is COc1ccc2c(c1)CC[N+](C)=C2C. The van der Waals surface area contributed by atoms with Gasteiger partial charge in [0, 0.05) is 18.9 Å². The van der Waals surface area contributed by atoms with E-state index in [1.54, 1.807) is 7.11 Å². The Morgan fingerprint density at radius 2 is 2.14 bits per heavy atom. The van der Waals surface area contributed by atoms with E-state index in [1.165, 1.54) is 16.8 Å². The number of hydrogen-bond donors (Lipinski definition) is 0. The van der Waals surface area contributed by atoms with Crippen LogP contribution in [0.3, 0.4) is 0 Å². The van der Waals surface area contributed by atoms with Crippen molar-refractivity contribution in [2.45, 2.75) is 13.3 Å². The van der Waals surface area contributed by atoms with Crippen molar-refractivity contribution in [1.82, 2.24) is 0 Å². The summed E-state index contributed by atoms with van der Waals surface area (Å²) < 4.78 is 7.52. The van der Waals surface area contributed by atoms with Gasteiger partial charge in [0.15, 0.2) is 5.71 Å². The third-order valence-corrected chi connectivity index (χ3v) is 2.99. The minimum absolute atomic E-state index is 0.959. The van der Waals surface area contributed by atoms with Crippen LogP contribution in [-0.4, -0.2) is 31.0 Å². The van der Waals surface area contributed by atoms with E-state index in [-0.39, 0.29) is 0 Å². The first-order valence-corrected chi connectivity index (χ1v) is 4.94. The van der Waals surface area contributed by atoms with Crippen molar-refractivity contribution in [2.75, 3.05) is 20.7 Å². The second-order valence-electron chi connectivity index (χ2n) is 3.78. The lowest BCUT2D eigenvalue weighted by molar-refractivity contribution is -0.498. The van der Waals surface area contributed by atoms with E-state index in [1.807, 2.05) is 6.07 Å². The number of fused-ring (bicyclic) bond motifs is 1. The Balaban J connectivity index is 2.51. The van der Waals surface area contributed by atoms with Crippen LogP contribution in [0, 0.1) is 0 Å². The molecule has 0 radical (unpaired) electrons. The fourth-order valence-electron chi connectivity index (χ4n) is 1.92. The number of ether oxygens (including phenoxy) is 1. The van der Waals surface area contributed by atoms with Gasteiger partial charge in [-0.2, -0.15) is 0 Å². The summed E-state index contributed by atoms with van der Waals surface area (Å²) in [6.45, 7) is 3.27. The molecule has 2 rings (SSSR count).